The molecule has 0 bridgehead atoms. The average Bonchev–Trinajstić information content (AvgIpc) is 2.45. The molecular weight excluding hydrogens is 268 g/mol. The van der Waals surface area contributed by atoms with E-state index >= 15 is 0 Å². The summed E-state index contributed by atoms with van der Waals surface area (Å²) in [5, 5.41) is 3.05. The third-order valence-corrected chi connectivity index (χ3v) is 3.16. The topological polar surface area (TPSA) is 89.3 Å². The quantitative estimate of drug-likeness (QED) is 0.441. The highest BCUT2D eigenvalue weighted by Gasteiger charge is 2.16. The Morgan fingerprint density at radius 2 is 2.37 bits per heavy atom. The Balaban J connectivity index is 1.93. The molecule has 0 spiro atoms. The second-order valence-corrected chi connectivity index (χ2v) is 4.79. The van der Waals surface area contributed by atoms with Crippen molar-refractivity contribution in [1.29, 1.82) is 0 Å². The van der Waals surface area contributed by atoms with Crippen LogP contribution in [0.1, 0.15) is 29.6 Å². The molecule has 1 saturated heterocycles. The van der Waals surface area contributed by atoms with E-state index in [1.165, 1.54) is 6.07 Å². The number of nitrogens with one attached hydrogen (secondary N) is 2. The summed E-state index contributed by atoms with van der Waals surface area (Å²) in [6.45, 7) is 1.27. The molecule has 1 amide bonds. The largest absolute Gasteiger partial charge is 0.376 e. The third-order valence-electron chi connectivity index (χ3n) is 2.97. The van der Waals surface area contributed by atoms with E-state index in [9.17, 15) is 4.79 Å². The van der Waals surface area contributed by atoms with Crippen LogP contribution in [-0.2, 0) is 4.74 Å². The lowest BCUT2D eigenvalue weighted by Crippen LogP contribution is -2.35. The maximum absolute atomic E-state index is 12.0. The van der Waals surface area contributed by atoms with E-state index in [0.717, 1.165) is 25.9 Å². The number of ether oxygens (including phenoxy) is 1. The molecule has 0 aliphatic carbocycles. The molecule has 1 aromatic rings. The molecule has 1 aliphatic rings. The Labute approximate surface area is 116 Å². The molecule has 0 radical (unpaired) electrons. The number of anilines is 1. The normalized spacial score (nSPS) is 18.9. The summed E-state index contributed by atoms with van der Waals surface area (Å²) in [4.78, 5) is 15.9. The highest BCUT2D eigenvalue weighted by Crippen LogP contribution is 2.15. The fourth-order valence-electron chi connectivity index (χ4n) is 1.98. The molecule has 4 N–H and O–H groups in total. The first-order valence-corrected chi connectivity index (χ1v) is 6.61. The maximum atomic E-state index is 12.0. The lowest BCUT2D eigenvalue weighted by atomic mass is 10.1. The summed E-state index contributed by atoms with van der Waals surface area (Å²) < 4.78 is 5.55. The van der Waals surface area contributed by atoms with Crippen molar-refractivity contribution in [2.75, 3.05) is 18.6 Å². The number of carbonyl (C=O) groups excluding carboxylic acids is 1. The minimum absolute atomic E-state index is 0.0992. The number of halogens is 1. The van der Waals surface area contributed by atoms with Gasteiger partial charge in [-0.05, 0) is 31.4 Å². The molecule has 104 valence electrons. The number of hydrazine groups is 1. The van der Waals surface area contributed by atoms with Gasteiger partial charge >= 0.3 is 0 Å². The molecule has 7 heteroatoms. The van der Waals surface area contributed by atoms with Crippen molar-refractivity contribution in [3.63, 3.8) is 0 Å². The van der Waals surface area contributed by atoms with E-state index in [-0.39, 0.29) is 17.2 Å². The fraction of sp³-hybridized carbons (Fsp3) is 0.500. The summed E-state index contributed by atoms with van der Waals surface area (Å²) in [6, 6.07) is 3.04. The SMILES string of the molecule is NNc1cc(C(=O)NCC2CCCCO2)cc(Cl)n1. The van der Waals surface area contributed by atoms with Gasteiger partial charge in [-0.2, -0.15) is 0 Å². The summed E-state index contributed by atoms with van der Waals surface area (Å²) in [5.41, 5.74) is 2.79. The summed E-state index contributed by atoms with van der Waals surface area (Å²) >= 11 is 5.81. The van der Waals surface area contributed by atoms with Gasteiger partial charge in [0.2, 0.25) is 0 Å². The lowest BCUT2D eigenvalue weighted by molar-refractivity contribution is 0.0169. The van der Waals surface area contributed by atoms with Crippen LogP contribution in [-0.4, -0.2) is 30.1 Å². The van der Waals surface area contributed by atoms with Gasteiger partial charge < -0.3 is 15.5 Å². The smallest absolute Gasteiger partial charge is 0.251 e. The minimum Gasteiger partial charge on any atom is -0.376 e. The van der Waals surface area contributed by atoms with E-state index in [1.807, 2.05) is 0 Å². The van der Waals surface area contributed by atoms with Gasteiger partial charge in [0.1, 0.15) is 11.0 Å². The molecule has 0 aromatic carbocycles. The van der Waals surface area contributed by atoms with Crippen LogP contribution in [0.5, 0.6) is 0 Å². The standard InChI is InChI=1S/C12H17ClN4O2/c13-10-5-8(6-11(16-10)17-14)12(18)15-7-9-3-1-2-4-19-9/h5-6,9H,1-4,7,14H2,(H,15,18)(H,16,17). The zero-order valence-electron chi connectivity index (χ0n) is 10.5. The lowest BCUT2D eigenvalue weighted by Gasteiger charge is -2.22. The summed E-state index contributed by atoms with van der Waals surface area (Å²) in [5.74, 6) is 5.40. The molecule has 1 atom stereocenters. The van der Waals surface area contributed by atoms with Crippen LogP contribution in [0, 0.1) is 0 Å². The molecule has 2 heterocycles. The van der Waals surface area contributed by atoms with Gasteiger partial charge in [-0.1, -0.05) is 11.6 Å². The molecule has 19 heavy (non-hydrogen) atoms. The van der Waals surface area contributed by atoms with E-state index in [4.69, 9.17) is 22.2 Å². The maximum Gasteiger partial charge on any atom is 0.251 e. The first kappa shape index (κ1) is 14.0. The molecule has 1 fully saturated rings. The predicted molar refractivity (Wildman–Crippen MR) is 73.0 cm³/mol. The van der Waals surface area contributed by atoms with Gasteiger partial charge in [0, 0.05) is 18.7 Å². The van der Waals surface area contributed by atoms with Crippen LogP contribution in [0.3, 0.4) is 0 Å². The monoisotopic (exact) mass is 284 g/mol. The summed E-state index contributed by atoms with van der Waals surface area (Å²) in [7, 11) is 0. The second kappa shape index (κ2) is 6.70. The van der Waals surface area contributed by atoms with Crippen LogP contribution in [0.25, 0.3) is 0 Å². The van der Waals surface area contributed by atoms with E-state index in [0.29, 0.717) is 17.9 Å². The number of hydrogen-bond donors (Lipinski definition) is 3. The number of nitrogens with two attached hydrogens (primary N) is 1. The van der Waals surface area contributed by atoms with Gasteiger partial charge in [0.05, 0.1) is 6.10 Å². The van der Waals surface area contributed by atoms with Crippen LogP contribution in [0.15, 0.2) is 12.1 Å². The first-order chi connectivity index (χ1) is 9.19. The third kappa shape index (κ3) is 4.05. The number of aromatic nitrogens is 1. The van der Waals surface area contributed by atoms with Gasteiger partial charge in [-0.25, -0.2) is 10.8 Å². The molecular formula is C12H17ClN4O2. The van der Waals surface area contributed by atoms with Crippen LogP contribution in [0.4, 0.5) is 5.82 Å². The first-order valence-electron chi connectivity index (χ1n) is 6.23. The van der Waals surface area contributed by atoms with Crippen molar-refractivity contribution < 1.29 is 9.53 Å². The number of amides is 1. The van der Waals surface area contributed by atoms with Crippen molar-refractivity contribution >= 4 is 23.3 Å². The molecule has 1 aliphatic heterocycles. The Hall–Kier alpha value is -1.37. The van der Waals surface area contributed by atoms with Crippen molar-refractivity contribution in [2.45, 2.75) is 25.4 Å². The van der Waals surface area contributed by atoms with Gasteiger partial charge in [0.15, 0.2) is 0 Å². The van der Waals surface area contributed by atoms with Crippen molar-refractivity contribution in [1.82, 2.24) is 10.3 Å². The van der Waals surface area contributed by atoms with Crippen molar-refractivity contribution in [3.8, 4) is 0 Å². The van der Waals surface area contributed by atoms with Gasteiger partial charge in [0.25, 0.3) is 5.91 Å². The number of rotatable bonds is 4. The van der Waals surface area contributed by atoms with Crippen LogP contribution >= 0.6 is 11.6 Å². The Bertz CT molecular complexity index is 449. The predicted octanol–water partition coefficient (Wildman–Crippen LogP) is 1.32. The summed E-state index contributed by atoms with van der Waals surface area (Å²) in [6.07, 6.45) is 3.31. The van der Waals surface area contributed by atoms with E-state index in [2.05, 4.69) is 15.7 Å². The van der Waals surface area contributed by atoms with E-state index in [1.54, 1.807) is 6.07 Å². The van der Waals surface area contributed by atoms with Crippen molar-refractivity contribution in [3.05, 3.63) is 22.8 Å². The zero-order valence-corrected chi connectivity index (χ0v) is 11.2. The average molecular weight is 285 g/mol. The Morgan fingerprint density at radius 3 is 3.05 bits per heavy atom. The minimum atomic E-state index is -0.213. The second-order valence-electron chi connectivity index (χ2n) is 4.41. The highest BCUT2D eigenvalue weighted by atomic mass is 35.5. The van der Waals surface area contributed by atoms with E-state index < -0.39 is 0 Å². The van der Waals surface area contributed by atoms with Gasteiger partial charge in [-0.15, -0.1) is 0 Å². The molecule has 1 aromatic heterocycles. The number of nitrogen functional groups attached to an aromatic ring is 1. The highest BCUT2D eigenvalue weighted by molar-refractivity contribution is 6.29. The molecule has 1 unspecified atom stereocenters. The van der Waals surface area contributed by atoms with Crippen LogP contribution in [0.2, 0.25) is 5.15 Å². The number of nitrogens with zero attached hydrogens (tertiary/aromatic N) is 1. The van der Waals surface area contributed by atoms with Gasteiger partial charge in [-0.3, -0.25) is 4.79 Å². The number of pyridine rings is 1. The fourth-order valence-corrected chi connectivity index (χ4v) is 2.19. The Morgan fingerprint density at radius 1 is 1.53 bits per heavy atom. The zero-order chi connectivity index (χ0) is 13.7. The number of hydrogen-bond acceptors (Lipinski definition) is 5. The molecule has 0 saturated carbocycles. The van der Waals surface area contributed by atoms with Crippen LogP contribution < -0.4 is 16.6 Å². The van der Waals surface area contributed by atoms with Crippen molar-refractivity contribution in [2.24, 2.45) is 5.84 Å². The number of carbonyl (C=O) groups is 1. The molecule has 2 rings (SSSR count). The molecule has 6 nitrogen and oxygen atoms in total. The Kier molecular flexibility index (Phi) is 4.95.